The van der Waals surface area contributed by atoms with E-state index in [1.165, 1.54) is 0 Å². The van der Waals surface area contributed by atoms with Gasteiger partial charge in [-0.15, -0.1) is 0 Å². The lowest BCUT2D eigenvalue weighted by molar-refractivity contribution is 0.529. The molecule has 0 aliphatic rings. The van der Waals surface area contributed by atoms with Gasteiger partial charge in [0.1, 0.15) is 6.07 Å². The van der Waals surface area contributed by atoms with Crippen molar-refractivity contribution in [3.05, 3.63) is 35.9 Å². The molecular formula is C13H14N4. The molecule has 2 aromatic heterocycles. The van der Waals surface area contributed by atoms with Gasteiger partial charge in [0, 0.05) is 35.8 Å². The van der Waals surface area contributed by atoms with Crippen LogP contribution in [0.25, 0.3) is 11.1 Å². The van der Waals surface area contributed by atoms with Crippen LogP contribution < -0.4 is 0 Å². The van der Waals surface area contributed by atoms with Crippen LogP contribution >= 0.6 is 0 Å². The molecule has 4 nitrogen and oxygen atoms in total. The Morgan fingerprint density at radius 3 is 2.71 bits per heavy atom. The summed E-state index contributed by atoms with van der Waals surface area (Å²) in [5.74, 6) is 0. The van der Waals surface area contributed by atoms with Gasteiger partial charge in [-0.2, -0.15) is 10.4 Å². The number of nitriles is 1. The third-order valence-electron chi connectivity index (χ3n) is 2.62. The smallest absolute Gasteiger partial charge is 0.101 e. The van der Waals surface area contributed by atoms with E-state index in [4.69, 9.17) is 5.26 Å². The molecule has 0 spiro atoms. The normalized spacial score (nSPS) is 10.5. The van der Waals surface area contributed by atoms with E-state index in [1.54, 1.807) is 12.4 Å². The second kappa shape index (κ2) is 4.38. The summed E-state index contributed by atoms with van der Waals surface area (Å²) in [6.45, 7) is 6.13. The Balaban J connectivity index is 2.49. The average Bonchev–Trinajstić information content (AvgIpc) is 2.72. The molecule has 0 bridgehead atoms. The fraction of sp³-hybridized carbons (Fsp3) is 0.308. The van der Waals surface area contributed by atoms with Crippen LogP contribution in [0.4, 0.5) is 0 Å². The van der Waals surface area contributed by atoms with Gasteiger partial charge in [0.25, 0.3) is 0 Å². The van der Waals surface area contributed by atoms with E-state index in [0.717, 1.165) is 16.8 Å². The number of hydrogen-bond donors (Lipinski definition) is 0. The lowest BCUT2D eigenvalue weighted by Gasteiger charge is -2.03. The SMILES string of the molecule is Cc1nn(C(C)C)cc1-c1cncc(C#N)c1. The number of aryl methyl sites for hydroxylation is 1. The first-order valence-corrected chi connectivity index (χ1v) is 5.53. The fourth-order valence-electron chi connectivity index (χ4n) is 1.68. The van der Waals surface area contributed by atoms with Crippen molar-refractivity contribution in [2.45, 2.75) is 26.8 Å². The maximum atomic E-state index is 8.86. The third-order valence-corrected chi connectivity index (χ3v) is 2.62. The predicted molar refractivity (Wildman–Crippen MR) is 65.3 cm³/mol. The molecule has 0 amide bonds. The van der Waals surface area contributed by atoms with E-state index in [1.807, 2.05) is 23.9 Å². The number of hydrogen-bond acceptors (Lipinski definition) is 3. The fourth-order valence-corrected chi connectivity index (χ4v) is 1.68. The predicted octanol–water partition coefficient (Wildman–Crippen LogP) is 2.71. The number of nitrogens with zero attached hydrogens (tertiary/aromatic N) is 4. The standard InChI is InChI=1S/C13H14N4/c1-9(2)17-8-13(10(3)16-17)12-4-11(5-14)6-15-7-12/h4,6-9H,1-3H3. The first-order chi connectivity index (χ1) is 8.11. The highest BCUT2D eigenvalue weighted by Crippen LogP contribution is 2.23. The molecule has 0 saturated carbocycles. The molecule has 86 valence electrons. The van der Waals surface area contributed by atoms with Crippen LogP contribution in [0.1, 0.15) is 31.1 Å². The second-order valence-electron chi connectivity index (χ2n) is 4.28. The van der Waals surface area contributed by atoms with Gasteiger partial charge in [-0.05, 0) is 26.8 Å². The molecule has 2 aromatic rings. The highest BCUT2D eigenvalue weighted by molar-refractivity contribution is 5.65. The van der Waals surface area contributed by atoms with Crippen LogP contribution in [0.2, 0.25) is 0 Å². The Labute approximate surface area is 101 Å². The maximum Gasteiger partial charge on any atom is 0.101 e. The van der Waals surface area contributed by atoms with Gasteiger partial charge in [-0.3, -0.25) is 9.67 Å². The molecule has 0 radical (unpaired) electrons. The molecule has 4 heteroatoms. The summed E-state index contributed by atoms with van der Waals surface area (Å²) in [6, 6.07) is 4.26. The summed E-state index contributed by atoms with van der Waals surface area (Å²) in [7, 11) is 0. The second-order valence-corrected chi connectivity index (χ2v) is 4.28. The van der Waals surface area contributed by atoms with Crippen LogP contribution in [0.15, 0.2) is 24.7 Å². The van der Waals surface area contributed by atoms with Crippen LogP contribution in [0.5, 0.6) is 0 Å². The van der Waals surface area contributed by atoms with Gasteiger partial charge in [-0.1, -0.05) is 0 Å². The van der Waals surface area contributed by atoms with E-state index in [-0.39, 0.29) is 0 Å². The lowest BCUT2D eigenvalue weighted by atomic mass is 10.1. The highest BCUT2D eigenvalue weighted by atomic mass is 15.3. The van der Waals surface area contributed by atoms with E-state index >= 15 is 0 Å². The Bertz CT molecular complexity index is 575. The summed E-state index contributed by atoms with van der Waals surface area (Å²) in [5.41, 5.74) is 3.49. The minimum absolute atomic E-state index is 0.328. The van der Waals surface area contributed by atoms with Crippen LogP contribution in [0, 0.1) is 18.3 Å². The minimum Gasteiger partial charge on any atom is -0.269 e. The van der Waals surface area contributed by atoms with E-state index in [0.29, 0.717) is 11.6 Å². The van der Waals surface area contributed by atoms with E-state index < -0.39 is 0 Å². The number of rotatable bonds is 2. The molecule has 0 aliphatic carbocycles. The average molecular weight is 226 g/mol. The molecule has 0 atom stereocenters. The maximum absolute atomic E-state index is 8.86. The van der Waals surface area contributed by atoms with Crippen LogP contribution in [0.3, 0.4) is 0 Å². The van der Waals surface area contributed by atoms with Crippen molar-refractivity contribution in [3.63, 3.8) is 0 Å². The molecule has 0 aromatic carbocycles. The summed E-state index contributed by atoms with van der Waals surface area (Å²) in [6.07, 6.45) is 5.32. The third kappa shape index (κ3) is 2.18. The van der Waals surface area contributed by atoms with E-state index in [2.05, 4.69) is 30.0 Å². The van der Waals surface area contributed by atoms with Crippen LogP contribution in [-0.4, -0.2) is 14.8 Å². The topological polar surface area (TPSA) is 54.5 Å². The van der Waals surface area contributed by atoms with Gasteiger partial charge >= 0.3 is 0 Å². The Kier molecular flexibility index (Phi) is 2.92. The monoisotopic (exact) mass is 226 g/mol. The van der Waals surface area contributed by atoms with Crippen molar-refractivity contribution in [3.8, 4) is 17.2 Å². The number of aromatic nitrogens is 3. The first-order valence-electron chi connectivity index (χ1n) is 5.53. The van der Waals surface area contributed by atoms with Gasteiger partial charge in [0.2, 0.25) is 0 Å². The molecular weight excluding hydrogens is 212 g/mol. The Hall–Kier alpha value is -2.15. The largest absolute Gasteiger partial charge is 0.269 e. The zero-order valence-electron chi connectivity index (χ0n) is 10.2. The molecule has 0 N–H and O–H groups in total. The van der Waals surface area contributed by atoms with E-state index in [9.17, 15) is 0 Å². The van der Waals surface area contributed by atoms with Crippen molar-refractivity contribution in [1.82, 2.24) is 14.8 Å². The molecule has 17 heavy (non-hydrogen) atoms. The highest BCUT2D eigenvalue weighted by Gasteiger charge is 2.09. The van der Waals surface area contributed by atoms with Crippen molar-refractivity contribution in [1.29, 1.82) is 5.26 Å². The number of pyridine rings is 1. The molecule has 0 fully saturated rings. The Morgan fingerprint density at radius 2 is 2.12 bits per heavy atom. The summed E-state index contributed by atoms with van der Waals surface area (Å²) >= 11 is 0. The summed E-state index contributed by atoms with van der Waals surface area (Å²) in [4.78, 5) is 4.07. The minimum atomic E-state index is 0.328. The molecule has 0 unspecified atom stereocenters. The van der Waals surface area contributed by atoms with Crippen molar-refractivity contribution in [2.75, 3.05) is 0 Å². The summed E-state index contributed by atoms with van der Waals surface area (Å²) < 4.78 is 1.92. The van der Waals surface area contributed by atoms with Gasteiger partial charge < -0.3 is 0 Å². The molecule has 0 aliphatic heterocycles. The van der Waals surface area contributed by atoms with Crippen molar-refractivity contribution in [2.24, 2.45) is 0 Å². The molecule has 2 rings (SSSR count). The van der Waals surface area contributed by atoms with Crippen molar-refractivity contribution >= 4 is 0 Å². The zero-order chi connectivity index (χ0) is 12.4. The van der Waals surface area contributed by atoms with Gasteiger partial charge in [-0.25, -0.2) is 0 Å². The Morgan fingerprint density at radius 1 is 1.35 bits per heavy atom. The van der Waals surface area contributed by atoms with Gasteiger partial charge in [0.15, 0.2) is 0 Å². The van der Waals surface area contributed by atoms with Gasteiger partial charge in [0.05, 0.1) is 11.3 Å². The zero-order valence-corrected chi connectivity index (χ0v) is 10.2. The molecule has 2 heterocycles. The molecule has 0 saturated heterocycles. The van der Waals surface area contributed by atoms with Crippen LogP contribution in [-0.2, 0) is 0 Å². The lowest BCUT2D eigenvalue weighted by Crippen LogP contribution is -2.00. The first kappa shape index (κ1) is 11.3. The quantitative estimate of drug-likeness (QED) is 0.791. The summed E-state index contributed by atoms with van der Waals surface area (Å²) in [5, 5.41) is 13.3. The van der Waals surface area contributed by atoms with Crippen molar-refractivity contribution < 1.29 is 0 Å².